The van der Waals surface area contributed by atoms with Crippen LogP contribution < -0.4 is 46.5 Å². The van der Waals surface area contributed by atoms with Crippen molar-refractivity contribution in [1.29, 1.82) is 0 Å². The zero-order chi connectivity index (χ0) is 60.9. The molecule has 0 saturated carbocycles. The summed E-state index contributed by atoms with van der Waals surface area (Å²) in [5.41, 5.74) is 22.4. The van der Waals surface area contributed by atoms with Gasteiger partial charge in [0.1, 0.15) is 0 Å². The molecule has 0 aliphatic heterocycles. The molecule has 0 unspecified atom stereocenters. The number of hydrogen-bond donors (Lipinski definition) is 8. The Morgan fingerprint density at radius 2 is 0.434 bits per heavy atom. The second kappa shape index (κ2) is 63.7. The number of rotatable bonds is 70. The lowest BCUT2D eigenvalue weighted by molar-refractivity contribution is -0.306. The lowest BCUT2D eigenvalue weighted by atomic mass is 10.2. The van der Waals surface area contributed by atoms with Crippen molar-refractivity contribution in [3.8, 4) is 0 Å². The summed E-state index contributed by atoms with van der Waals surface area (Å²) >= 11 is 0. The first-order chi connectivity index (χ1) is 40.6. The van der Waals surface area contributed by atoms with E-state index in [4.69, 9.17) is 109 Å². The van der Waals surface area contributed by atoms with E-state index in [2.05, 4.69) is 87.3 Å². The first-order valence-corrected chi connectivity index (χ1v) is 29.2. The number of nitrogens with zero attached hydrogens (tertiary/aromatic N) is 8. The predicted molar refractivity (Wildman–Crippen MR) is 312 cm³/mol. The summed E-state index contributed by atoms with van der Waals surface area (Å²) in [6, 6.07) is 0. The number of likely N-dealkylation sites (N-methyl/N-ethyl adjacent to an activating group) is 4. The Morgan fingerprint density at radius 1 is 0.241 bits per heavy atom. The molecule has 0 amide bonds. The monoisotopic (exact) mass is 1210 g/mol. The Labute approximate surface area is 496 Å². The molecule has 83 heavy (non-hydrogen) atoms. The van der Waals surface area contributed by atoms with Gasteiger partial charge in [0.25, 0.3) is 0 Å². The number of nitrogens with two attached hydrogens (primary N) is 8. The van der Waals surface area contributed by atoms with E-state index in [-0.39, 0.29) is 38.6 Å². The van der Waals surface area contributed by atoms with E-state index in [9.17, 15) is 0 Å². The van der Waals surface area contributed by atoms with Crippen molar-refractivity contribution in [2.75, 3.05) is 317 Å². The molecule has 0 aromatic heterocycles. The van der Waals surface area contributed by atoms with Crippen LogP contribution in [0.25, 0.3) is 0 Å². The lowest BCUT2D eigenvalue weighted by Gasteiger charge is -2.36. The molecule has 0 bridgehead atoms. The molecule has 0 aliphatic rings. The summed E-state index contributed by atoms with van der Waals surface area (Å²) in [7, 11) is 8.46. The quantitative estimate of drug-likeness (QED) is 0.0160. The highest BCUT2D eigenvalue weighted by molar-refractivity contribution is 4.77. The molecule has 16 N–H and O–H groups in total. The summed E-state index contributed by atoms with van der Waals surface area (Å²) in [5, 5.41) is 0. The Balaban J connectivity index is 6.76. The molecule has 0 fully saturated rings. The van der Waals surface area contributed by atoms with Crippen molar-refractivity contribution in [2.24, 2.45) is 46.5 Å². The van der Waals surface area contributed by atoms with Crippen LogP contribution in [-0.4, -0.2) is 369 Å². The van der Waals surface area contributed by atoms with E-state index in [0.29, 0.717) is 210 Å². The fraction of sp³-hybridized carbons (Fsp3) is 1.00. The van der Waals surface area contributed by atoms with Gasteiger partial charge in [0.05, 0.1) is 144 Å². The van der Waals surface area contributed by atoms with Gasteiger partial charge in [-0.3, -0.25) is 19.6 Å². The van der Waals surface area contributed by atoms with Crippen molar-refractivity contribution in [3.05, 3.63) is 0 Å². The van der Waals surface area contributed by atoms with Gasteiger partial charge in [0.2, 0.25) is 0 Å². The van der Waals surface area contributed by atoms with Crippen LogP contribution in [0.1, 0.15) is 0 Å². The van der Waals surface area contributed by atoms with Crippen molar-refractivity contribution in [3.63, 3.8) is 0 Å². The van der Waals surface area contributed by atoms with Gasteiger partial charge in [-0.2, -0.15) is 23.6 Å². The molecule has 0 rings (SSSR count). The van der Waals surface area contributed by atoms with Gasteiger partial charge in [-0.05, 0) is 28.2 Å². The average Bonchev–Trinajstić information content (AvgIpc) is 3.48. The summed E-state index contributed by atoms with van der Waals surface area (Å²) in [5.74, 6) is 20.6. The predicted octanol–water partition coefficient (Wildman–Crippen LogP) is -6.07. The topological polar surface area (TPSA) is 391 Å². The second-order valence-electron chi connectivity index (χ2n) is 19.5. The third-order valence-electron chi connectivity index (χ3n) is 12.6. The van der Waals surface area contributed by atoms with Crippen molar-refractivity contribution in [1.82, 2.24) is 39.2 Å². The first-order valence-electron chi connectivity index (χ1n) is 29.2. The maximum Gasteiger partial charge on any atom is 0.0969 e. The molecule has 33 heteroatoms. The van der Waals surface area contributed by atoms with Crippen molar-refractivity contribution in [2.45, 2.75) is 12.2 Å². The number of hydrogen-bond acceptors (Lipinski definition) is 33. The number of ether oxygens (including phenoxy) is 9. The molecular formula is C50H118N16O17. The van der Waals surface area contributed by atoms with Gasteiger partial charge in [-0.15, -0.1) is 20.0 Å². The minimum absolute atomic E-state index is 0.210. The van der Waals surface area contributed by atoms with Crippen molar-refractivity contribution >= 4 is 0 Å². The Hall–Kier alpha value is -1.32. The van der Waals surface area contributed by atoms with E-state index in [1.165, 1.54) is 0 Å². The molecule has 0 atom stereocenters. The molecule has 0 aromatic carbocycles. The average molecular weight is 1220 g/mol. The molecular weight excluding hydrogens is 1100 g/mol. The molecule has 0 saturated heterocycles. The fourth-order valence-electron chi connectivity index (χ4n) is 8.16. The van der Waals surface area contributed by atoms with E-state index in [0.717, 1.165) is 52.4 Å². The lowest BCUT2D eigenvalue weighted by Crippen LogP contribution is -2.49. The van der Waals surface area contributed by atoms with Crippen molar-refractivity contribution < 1.29 is 82.1 Å². The Morgan fingerprint density at radius 3 is 0.627 bits per heavy atom. The van der Waals surface area contributed by atoms with E-state index in [1.807, 2.05) is 0 Å². The second-order valence-corrected chi connectivity index (χ2v) is 19.5. The SMILES string of the molecule is CN(CCN(CCOCCOCCN)CCOCCOCCN)CC(CN(C)CCN(CCOCCOCCN)CCOCCOCCN)OC(CN(C)CCN(CCOON)CCOON)CN(C)CCN(CCOON)CCOON. The van der Waals surface area contributed by atoms with E-state index >= 15 is 0 Å². The van der Waals surface area contributed by atoms with Crippen LogP contribution in [0.4, 0.5) is 0 Å². The van der Waals surface area contributed by atoms with Crippen LogP contribution in [0.5, 0.6) is 0 Å². The van der Waals surface area contributed by atoms with Gasteiger partial charge < -0.3 is 85.2 Å². The molecule has 0 spiro atoms. The molecule has 0 aromatic rings. The van der Waals surface area contributed by atoms with Gasteiger partial charge in [0.15, 0.2) is 0 Å². The largest absolute Gasteiger partial charge is 0.378 e. The van der Waals surface area contributed by atoms with Crippen LogP contribution in [-0.2, 0) is 82.1 Å². The minimum atomic E-state index is -0.230. The summed E-state index contributed by atoms with van der Waals surface area (Å²) < 4.78 is 53.3. The molecule has 0 heterocycles. The van der Waals surface area contributed by atoms with Crippen LogP contribution in [0, 0.1) is 0 Å². The molecule has 33 nitrogen and oxygen atoms in total. The first kappa shape index (κ1) is 81.7. The smallest absolute Gasteiger partial charge is 0.0969 e. The van der Waals surface area contributed by atoms with Gasteiger partial charge in [-0.1, -0.05) is 0 Å². The van der Waals surface area contributed by atoms with Crippen LogP contribution in [0.2, 0.25) is 0 Å². The normalized spacial score (nSPS) is 12.5. The summed E-state index contributed by atoms with van der Waals surface area (Å²) in [6.45, 7) is 24.3. The highest BCUT2D eigenvalue weighted by atomic mass is 17.3. The summed E-state index contributed by atoms with van der Waals surface area (Å²) in [4.78, 5) is 55.6. The Kier molecular flexibility index (Phi) is 62.7. The standard InChI is InChI=1S/C50H118N16O17/c1-59(9-13-63(17-29-71-41-37-67-25-5-51)18-30-72-42-38-68-26-6-52)45-49(46-60(2)10-14-64(19-31-73-43-39-69-27-7-53)20-32-74-44-40-70-28-8-54)79-50(47-61(3)11-15-65(21-33-75-80-55)22-34-76-81-56)48-62(4)12-16-66(23-35-77-82-57)24-36-78-83-58/h49-50H,5-48,51-58H2,1-4H3. The highest BCUT2D eigenvalue weighted by Gasteiger charge is 2.24. The fourth-order valence-corrected chi connectivity index (χ4v) is 8.16. The van der Waals surface area contributed by atoms with E-state index in [1.54, 1.807) is 0 Å². The van der Waals surface area contributed by atoms with Crippen LogP contribution in [0.15, 0.2) is 0 Å². The van der Waals surface area contributed by atoms with Gasteiger partial charge >= 0.3 is 0 Å². The summed E-state index contributed by atoms with van der Waals surface area (Å²) in [6.07, 6.45) is -0.440. The molecule has 0 radical (unpaired) electrons. The van der Waals surface area contributed by atoms with Gasteiger partial charge in [0, 0.05) is 157 Å². The highest BCUT2D eigenvalue weighted by Crippen LogP contribution is 2.10. The van der Waals surface area contributed by atoms with E-state index < -0.39 is 0 Å². The maximum atomic E-state index is 7.38. The Bertz CT molecular complexity index is 1150. The third kappa shape index (κ3) is 55.7. The molecule has 500 valence electrons. The zero-order valence-corrected chi connectivity index (χ0v) is 51.4. The third-order valence-corrected chi connectivity index (χ3v) is 12.6. The van der Waals surface area contributed by atoms with Crippen LogP contribution >= 0.6 is 0 Å². The zero-order valence-electron chi connectivity index (χ0n) is 51.4. The molecule has 0 aliphatic carbocycles. The van der Waals surface area contributed by atoms with Crippen LogP contribution in [0.3, 0.4) is 0 Å². The van der Waals surface area contributed by atoms with Gasteiger partial charge in [-0.25, -0.2) is 19.6 Å². The minimum Gasteiger partial charge on any atom is -0.378 e. The maximum absolute atomic E-state index is 7.38.